The molecule has 1 heterocycles. The van der Waals surface area contributed by atoms with Gasteiger partial charge in [-0.3, -0.25) is 0 Å². The topological polar surface area (TPSA) is 198 Å². The van der Waals surface area contributed by atoms with Gasteiger partial charge in [0.05, 0.1) is 25.3 Å². The van der Waals surface area contributed by atoms with Gasteiger partial charge in [0.15, 0.2) is 8.32 Å². The number of hydrogen-bond donors (Lipinski definition) is 2. The average molecular weight is 915 g/mol. The number of carbonyl (C=O) groups is 1. The van der Waals surface area contributed by atoms with E-state index in [1.807, 2.05) is 58.1 Å². The second kappa shape index (κ2) is 18.6. The van der Waals surface area contributed by atoms with Crippen molar-refractivity contribution in [2.45, 2.75) is 74.4 Å². The van der Waals surface area contributed by atoms with Crippen LogP contribution in [0.3, 0.4) is 0 Å². The Morgan fingerprint density at radius 3 is 2.02 bits per heavy atom. The molecule has 0 aliphatic rings. The Morgan fingerprint density at radius 2 is 1.48 bits per heavy atom. The first-order chi connectivity index (χ1) is 27.3. The zero-order valence-electron chi connectivity index (χ0n) is 33.1. The molecule has 1 atom stereocenters. The summed E-state index contributed by atoms with van der Waals surface area (Å²) in [6.45, 7) is 9.22. The fraction of sp³-hybridized carbons (Fsp3) is 0.333. The number of tetrazole rings is 1. The number of sulfonamides is 2. The number of ether oxygens (including phenoxy) is 2. The first-order valence-electron chi connectivity index (χ1n) is 18.2. The van der Waals surface area contributed by atoms with Gasteiger partial charge in [0.25, 0.3) is 0 Å². The van der Waals surface area contributed by atoms with Gasteiger partial charge in [-0.1, -0.05) is 93.6 Å². The number of benzene rings is 4. The van der Waals surface area contributed by atoms with Crippen LogP contribution in [0.15, 0.2) is 111 Å². The van der Waals surface area contributed by atoms with Crippen molar-refractivity contribution in [1.29, 1.82) is 0 Å². The lowest BCUT2D eigenvalue weighted by molar-refractivity contribution is 0.0816. The van der Waals surface area contributed by atoms with Crippen LogP contribution in [-0.4, -0.2) is 82.1 Å². The van der Waals surface area contributed by atoms with Gasteiger partial charge in [0.2, 0.25) is 25.9 Å². The molecule has 5 rings (SSSR count). The van der Waals surface area contributed by atoms with Crippen molar-refractivity contribution in [3.05, 3.63) is 118 Å². The number of methoxy groups -OCH3 is 1. The predicted octanol–water partition coefficient (Wildman–Crippen LogP) is 6.31. The van der Waals surface area contributed by atoms with E-state index < -0.39 is 50.4 Å². The number of halogens is 1. The van der Waals surface area contributed by atoms with E-state index in [1.165, 1.54) is 21.2 Å². The number of nitrogens with zero attached hydrogens (tertiary/aromatic N) is 5. The van der Waals surface area contributed by atoms with Crippen molar-refractivity contribution in [3.8, 4) is 17.1 Å². The molecule has 0 saturated carbocycles. The Bertz CT molecular complexity index is 2360. The monoisotopic (exact) mass is 913 g/mol. The van der Waals surface area contributed by atoms with Crippen LogP contribution >= 0.6 is 15.9 Å². The molecule has 0 bridgehead atoms. The fourth-order valence-electron chi connectivity index (χ4n) is 5.63. The van der Waals surface area contributed by atoms with Gasteiger partial charge in [-0.25, -0.2) is 26.4 Å². The highest BCUT2D eigenvalue weighted by Crippen LogP contribution is 2.40. The van der Waals surface area contributed by atoms with Gasteiger partial charge in [-0.05, 0) is 80.2 Å². The van der Waals surface area contributed by atoms with Gasteiger partial charge < -0.3 is 19.6 Å². The summed E-state index contributed by atoms with van der Waals surface area (Å²) in [7, 11) is -10.4. The van der Waals surface area contributed by atoms with Crippen LogP contribution in [-0.2, 0) is 48.8 Å². The Balaban J connectivity index is 1.65. The van der Waals surface area contributed by atoms with Crippen molar-refractivity contribution in [2.24, 2.45) is 5.73 Å². The Kier molecular flexibility index (Phi) is 14.3. The fourth-order valence-corrected chi connectivity index (χ4v) is 11.1. The van der Waals surface area contributed by atoms with E-state index in [1.54, 1.807) is 67.8 Å². The molecule has 0 fully saturated rings. The number of rotatable bonds is 18. The van der Waals surface area contributed by atoms with E-state index in [0.717, 1.165) is 5.56 Å². The van der Waals surface area contributed by atoms with Gasteiger partial charge in [-0.2, -0.15) is 9.10 Å². The first-order valence-corrected chi connectivity index (χ1v) is 24.8. The van der Waals surface area contributed by atoms with Crippen LogP contribution in [0.1, 0.15) is 37.5 Å². The number of amides is 1. The highest BCUT2D eigenvalue weighted by molar-refractivity contribution is 9.10. The molecular weight excluding hydrogens is 867 g/mol. The van der Waals surface area contributed by atoms with Gasteiger partial charge >= 0.3 is 6.09 Å². The maximum Gasteiger partial charge on any atom is 0.404 e. The summed E-state index contributed by atoms with van der Waals surface area (Å²) in [6.07, 6.45) is -2.01. The Labute approximate surface area is 349 Å². The molecule has 19 heteroatoms. The van der Waals surface area contributed by atoms with E-state index in [9.17, 15) is 13.2 Å². The van der Waals surface area contributed by atoms with Gasteiger partial charge in [0.1, 0.15) is 22.1 Å². The lowest BCUT2D eigenvalue weighted by Crippen LogP contribution is -2.48. The average Bonchev–Trinajstić information content (AvgIpc) is 3.63. The first kappa shape index (κ1) is 44.6. The third-order valence-corrected chi connectivity index (χ3v) is 18.4. The van der Waals surface area contributed by atoms with Crippen LogP contribution in [0, 0.1) is 0 Å². The maximum atomic E-state index is 15.4. The zero-order chi connectivity index (χ0) is 42.3. The van der Waals surface area contributed by atoms with E-state index >= 15 is 8.42 Å². The van der Waals surface area contributed by atoms with Crippen molar-refractivity contribution >= 4 is 50.4 Å². The van der Waals surface area contributed by atoms with Crippen molar-refractivity contribution < 1.29 is 35.5 Å². The molecule has 3 N–H and O–H groups in total. The molecule has 0 radical (unpaired) electrons. The van der Waals surface area contributed by atoms with Crippen LogP contribution in [0.4, 0.5) is 4.79 Å². The highest BCUT2D eigenvalue weighted by Gasteiger charge is 2.41. The number of nitrogens with one attached hydrogen (secondary N) is 1. The minimum absolute atomic E-state index is 0.0958. The molecule has 4 aromatic carbocycles. The lowest BCUT2D eigenvalue weighted by Gasteiger charge is -2.39. The Morgan fingerprint density at radius 1 is 0.897 bits per heavy atom. The van der Waals surface area contributed by atoms with Gasteiger partial charge in [0, 0.05) is 24.1 Å². The number of primary amides is 1. The predicted molar refractivity (Wildman–Crippen MR) is 225 cm³/mol. The molecule has 0 saturated heterocycles. The van der Waals surface area contributed by atoms with Crippen LogP contribution < -0.4 is 15.2 Å². The second-order valence-electron chi connectivity index (χ2n) is 15.0. The summed E-state index contributed by atoms with van der Waals surface area (Å²) in [5.74, 6) is 0.527. The third-order valence-electron chi connectivity index (χ3n) is 9.70. The van der Waals surface area contributed by atoms with Crippen LogP contribution in [0.5, 0.6) is 5.75 Å². The molecule has 58 heavy (non-hydrogen) atoms. The van der Waals surface area contributed by atoms with Crippen LogP contribution in [0.25, 0.3) is 11.4 Å². The largest absolute Gasteiger partial charge is 0.497 e. The van der Waals surface area contributed by atoms with Gasteiger partial charge in [-0.15, -0.1) is 10.2 Å². The summed E-state index contributed by atoms with van der Waals surface area (Å²) in [4.78, 5) is 11.8. The standard InChI is InChI=1S/C39H48BrN7O8S2Si/c1-39(2,3)58(5,6)55-32(27-54-38(41)48)23-42-56(49,50)34-22-21-33(40)35(37-43-45-47(44-37)26-30-17-19-31(53-4)20-18-30)36(34)57(51,52)46(24-28-13-9-7-10-14-28)25-29-15-11-8-12-16-29/h7-22,32,42H,23-27H2,1-6H3,(H2,41,48). The minimum Gasteiger partial charge on any atom is -0.497 e. The molecule has 5 aromatic rings. The quantitative estimate of drug-likeness (QED) is 0.0934. The normalized spacial score (nSPS) is 13.0. The third kappa shape index (κ3) is 11.2. The molecule has 310 valence electrons. The summed E-state index contributed by atoms with van der Waals surface area (Å²) in [6, 6.07) is 27.8. The lowest BCUT2D eigenvalue weighted by atomic mass is 10.2. The molecule has 0 aliphatic heterocycles. The SMILES string of the molecule is COc1ccc(Cn2nnc(-c3c(Br)ccc(S(=O)(=O)NCC(COC(N)=O)O[Si](C)(C)C(C)(C)C)c3S(=O)(=O)N(Cc3ccccc3)Cc3ccccc3)n2)cc1. The van der Waals surface area contributed by atoms with Crippen LogP contribution in [0.2, 0.25) is 18.1 Å². The summed E-state index contributed by atoms with van der Waals surface area (Å²) >= 11 is 3.50. The van der Waals surface area contributed by atoms with E-state index in [-0.39, 0.29) is 53.7 Å². The summed E-state index contributed by atoms with van der Waals surface area (Å²) in [5.41, 5.74) is 7.31. The van der Waals surface area contributed by atoms with E-state index in [2.05, 4.69) is 36.1 Å². The second-order valence-corrected chi connectivity index (χ2v) is 24.2. The highest BCUT2D eigenvalue weighted by atomic mass is 79.9. The number of hydrogen-bond acceptors (Lipinski definition) is 11. The van der Waals surface area contributed by atoms with Crippen molar-refractivity contribution in [3.63, 3.8) is 0 Å². The molecule has 0 spiro atoms. The minimum atomic E-state index is -4.74. The number of aromatic nitrogens is 4. The number of nitrogens with two attached hydrogens (primary N) is 1. The molecule has 1 amide bonds. The summed E-state index contributed by atoms with van der Waals surface area (Å²) in [5, 5.41) is 12.7. The van der Waals surface area contributed by atoms with E-state index in [4.69, 9.17) is 19.6 Å². The molecular formula is C39H48BrN7O8S2Si. The summed E-state index contributed by atoms with van der Waals surface area (Å²) < 4.78 is 80.6. The van der Waals surface area contributed by atoms with E-state index in [0.29, 0.717) is 16.9 Å². The molecule has 1 aromatic heterocycles. The van der Waals surface area contributed by atoms with Crippen molar-refractivity contribution in [1.82, 2.24) is 29.2 Å². The van der Waals surface area contributed by atoms with Crippen molar-refractivity contribution in [2.75, 3.05) is 20.3 Å². The molecule has 15 nitrogen and oxygen atoms in total. The zero-order valence-corrected chi connectivity index (χ0v) is 37.3. The maximum absolute atomic E-state index is 15.4. The molecule has 0 aliphatic carbocycles. The Hall–Kier alpha value is -4.50. The molecule has 1 unspecified atom stereocenters. The smallest absolute Gasteiger partial charge is 0.404 e. The number of carbonyl (C=O) groups excluding carboxylic acids is 1.